The number of benzene rings is 1. The van der Waals surface area contributed by atoms with Gasteiger partial charge in [-0.1, -0.05) is 33.1 Å². The lowest BCUT2D eigenvalue weighted by molar-refractivity contribution is 0.305. The zero-order chi connectivity index (χ0) is 14.2. The summed E-state index contributed by atoms with van der Waals surface area (Å²) in [6, 6.07) is 8.24. The predicted molar refractivity (Wildman–Crippen MR) is 82.6 cm³/mol. The molecule has 108 valence electrons. The van der Waals surface area contributed by atoms with E-state index in [2.05, 4.69) is 35.5 Å². The summed E-state index contributed by atoms with van der Waals surface area (Å²) >= 11 is 0. The van der Waals surface area contributed by atoms with Crippen molar-refractivity contribution in [3.8, 4) is 11.4 Å². The molecule has 1 aromatic carbocycles. The molecule has 0 aliphatic heterocycles. The molecule has 3 nitrogen and oxygen atoms in total. The molecule has 1 heterocycles. The minimum atomic E-state index is 0.810. The number of nitrogens with zero attached hydrogens (tertiary/aromatic N) is 2. The van der Waals surface area contributed by atoms with E-state index in [-0.39, 0.29) is 0 Å². The van der Waals surface area contributed by atoms with Gasteiger partial charge in [0.05, 0.1) is 6.61 Å². The Morgan fingerprint density at radius 3 is 2.55 bits per heavy atom. The van der Waals surface area contributed by atoms with E-state index < -0.39 is 0 Å². The van der Waals surface area contributed by atoms with Crippen molar-refractivity contribution in [2.75, 3.05) is 6.61 Å². The molecule has 0 N–H and O–H groups in total. The number of hydrogen-bond donors (Lipinski definition) is 0. The van der Waals surface area contributed by atoms with Crippen molar-refractivity contribution in [1.29, 1.82) is 0 Å². The van der Waals surface area contributed by atoms with Gasteiger partial charge in [-0.2, -0.15) is 0 Å². The fourth-order valence-electron chi connectivity index (χ4n) is 2.25. The Hall–Kier alpha value is -1.77. The van der Waals surface area contributed by atoms with Crippen LogP contribution in [0.5, 0.6) is 5.75 Å². The van der Waals surface area contributed by atoms with Crippen LogP contribution in [-0.2, 0) is 6.42 Å². The molecule has 0 unspecified atom stereocenters. The molecule has 3 heteroatoms. The third kappa shape index (κ3) is 3.86. The van der Waals surface area contributed by atoms with Crippen molar-refractivity contribution in [3.05, 3.63) is 42.5 Å². The highest BCUT2D eigenvalue weighted by molar-refractivity contribution is 5.38. The van der Waals surface area contributed by atoms with Crippen LogP contribution in [0.3, 0.4) is 0 Å². The van der Waals surface area contributed by atoms with Crippen LogP contribution in [0.2, 0.25) is 0 Å². The second kappa shape index (κ2) is 7.73. The van der Waals surface area contributed by atoms with E-state index in [4.69, 9.17) is 4.74 Å². The minimum Gasteiger partial charge on any atom is -0.494 e. The molecule has 0 saturated heterocycles. The van der Waals surface area contributed by atoms with Gasteiger partial charge in [0.15, 0.2) is 0 Å². The molecule has 0 fully saturated rings. The summed E-state index contributed by atoms with van der Waals surface area (Å²) in [7, 11) is 0. The second-order valence-corrected chi connectivity index (χ2v) is 4.97. The molecule has 0 spiro atoms. The van der Waals surface area contributed by atoms with Gasteiger partial charge in [0, 0.05) is 24.5 Å². The second-order valence-electron chi connectivity index (χ2n) is 4.97. The van der Waals surface area contributed by atoms with Crippen molar-refractivity contribution in [3.63, 3.8) is 0 Å². The number of rotatable bonds is 8. The zero-order valence-corrected chi connectivity index (χ0v) is 12.5. The summed E-state index contributed by atoms with van der Waals surface area (Å²) in [5.41, 5.74) is 1.14. The van der Waals surface area contributed by atoms with Crippen molar-refractivity contribution in [2.45, 2.75) is 46.0 Å². The SMILES string of the molecule is CCCCCCOc1ccc(-n2ccnc2CC)cc1. The Morgan fingerprint density at radius 2 is 1.85 bits per heavy atom. The van der Waals surface area contributed by atoms with E-state index in [1.165, 1.54) is 19.3 Å². The standard InChI is InChI=1S/C17H24N2O/c1-3-5-6-7-14-20-16-10-8-15(9-11-16)19-13-12-18-17(19)4-2/h8-13H,3-7,14H2,1-2H3. The van der Waals surface area contributed by atoms with Crippen molar-refractivity contribution in [1.82, 2.24) is 9.55 Å². The van der Waals surface area contributed by atoms with E-state index in [9.17, 15) is 0 Å². The highest BCUT2D eigenvalue weighted by Gasteiger charge is 2.03. The van der Waals surface area contributed by atoms with Crippen molar-refractivity contribution < 1.29 is 4.74 Å². The van der Waals surface area contributed by atoms with Gasteiger partial charge in [-0.15, -0.1) is 0 Å². The first-order valence-corrected chi connectivity index (χ1v) is 7.60. The van der Waals surface area contributed by atoms with Crippen LogP contribution in [0, 0.1) is 0 Å². The molecule has 0 aliphatic rings. The van der Waals surface area contributed by atoms with Gasteiger partial charge in [-0.25, -0.2) is 4.98 Å². The normalized spacial score (nSPS) is 10.7. The Morgan fingerprint density at radius 1 is 1.05 bits per heavy atom. The monoisotopic (exact) mass is 272 g/mol. The average Bonchev–Trinajstić information content (AvgIpc) is 2.96. The summed E-state index contributed by atoms with van der Waals surface area (Å²) in [5.74, 6) is 2.03. The van der Waals surface area contributed by atoms with Crippen LogP contribution in [0.25, 0.3) is 5.69 Å². The zero-order valence-electron chi connectivity index (χ0n) is 12.5. The summed E-state index contributed by atoms with van der Waals surface area (Å²) < 4.78 is 7.87. The van der Waals surface area contributed by atoms with E-state index in [0.717, 1.165) is 36.7 Å². The predicted octanol–water partition coefficient (Wildman–Crippen LogP) is 4.39. The average molecular weight is 272 g/mol. The van der Waals surface area contributed by atoms with Crippen LogP contribution in [-0.4, -0.2) is 16.2 Å². The summed E-state index contributed by atoms with van der Waals surface area (Å²) in [6.45, 7) is 5.15. The van der Waals surface area contributed by atoms with Gasteiger partial charge < -0.3 is 9.30 Å². The molecule has 0 radical (unpaired) electrons. The maximum atomic E-state index is 5.76. The minimum absolute atomic E-state index is 0.810. The summed E-state index contributed by atoms with van der Waals surface area (Å²) in [6.07, 6.45) is 9.72. The molecule has 1 aromatic heterocycles. The quantitative estimate of drug-likeness (QED) is 0.666. The van der Waals surface area contributed by atoms with Crippen LogP contribution in [0.4, 0.5) is 0 Å². The maximum Gasteiger partial charge on any atom is 0.119 e. The van der Waals surface area contributed by atoms with Crippen molar-refractivity contribution >= 4 is 0 Å². The maximum absolute atomic E-state index is 5.76. The first-order valence-electron chi connectivity index (χ1n) is 7.60. The number of aromatic nitrogens is 2. The van der Waals surface area contributed by atoms with Crippen molar-refractivity contribution in [2.24, 2.45) is 0 Å². The van der Waals surface area contributed by atoms with Crippen LogP contribution in [0.15, 0.2) is 36.7 Å². The van der Waals surface area contributed by atoms with Crippen LogP contribution < -0.4 is 4.74 Å². The molecular formula is C17H24N2O. The Kier molecular flexibility index (Phi) is 5.66. The topological polar surface area (TPSA) is 27.1 Å². The fraction of sp³-hybridized carbons (Fsp3) is 0.471. The first-order chi connectivity index (χ1) is 9.85. The van der Waals surface area contributed by atoms with E-state index in [1.54, 1.807) is 0 Å². The van der Waals surface area contributed by atoms with Gasteiger partial charge in [0.25, 0.3) is 0 Å². The van der Waals surface area contributed by atoms with E-state index in [1.807, 2.05) is 24.5 Å². The number of imidazole rings is 1. The third-order valence-electron chi connectivity index (χ3n) is 3.42. The lowest BCUT2D eigenvalue weighted by Gasteiger charge is -2.09. The van der Waals surface area contributed by atoms with Crippen LogP contribution in [0.1, 0.15) is 45.4 Å². The molecule has 0 amide bonds. The fourth-order valence-corrected chi connectivity index (χ4v) is 2.25. The molecule has 0 bridgehead atoms. The van der Waals surface area contributed by atoms with Gasteiger partial charge in [0.2, 0.25) is 0 Å². The van der Waals surface area contributed by atoms with Gasteiger partial charge >= 0.3 is 0 Å². The molecule has 0 aliphatic carbocycles. The number of aryl methyl sites for hydroxylation is 1. The molecular weight excluding hydrogens is 248 g/mol. The third-order valence-corrected chi connectivity index (χ3v) is 3.42. The molecule has 0 atom stereocenters. The lowest BCUT2D eigenvalue weighted by atomic mass is 10.2. The molecule has 2 rings (SSSR count). The number of unbranched alkanes of at least 4 members (excludes halogenated alkanes) is 3. The Balaban J connectivity index is 1.90. The van der Waals surface area contributed by atoms with E-state index in [0.29, 0.717) is 0 Å². The molecule has 0 saturated carbocycles. The van der Waals surface area contributed by atoms with E-state index >= 15 is 0 Å². The van der Waals surface area contributed by atoms with Gasteiger partial charge in [-0.05, 0) is 30.7 Å². The Bertz CT molecular complexity index is 502. The smallest absolute Gasteiger partial charge is 0.119 e. The van der Waals surface area contributed by atoms with Gasteiger partial charge in [-0.3, -0.25) is 0 Å². The summed E-state index contributed by atoms with van der Waals surface area (Å²) in [5, 5.41) is 0. The van der Waals surface area contributed by atoms with Crippen LogP contribution >= 0.6 is 0 Å². The highest BCUT2D eigenvalue weighted by Crippen LogP contribution is 2.17. The number of hydrogen-bond acceptors (Lipinski definition) is 2. The lowest BCUT2D eigenvalue weighted by Crippen LogP contribution is -2.00. The Labute approximate surface area is 121 Å². The largest absolute Gasteiger partial charge is 0.494 e. The molecule has 2 aromatic rings. The summed E-state index contributed by atoms with van der Waals surface area (Å²) in [4.78, 5) is 4.34. The van der Waals surface area contributed by atoms with Gasteiger partial charge in [0.1, 0.15) is 11.6 Å². The number of ether oxygens (including phenoxy) is 1. The highest BCUT2D eigenvalue weighted by atomic mass is 16.5. The molecule has 20 heavy (non-hydrogen) atoms. The first kappa shape index (κ1) is 14.6.